The molecule has 0 saturated carbocycles. The molecule has 0 unspecified atom stereocenters. The summed E-state index contributed by atoms with van der Waals surface area (Å²) in [4.78, 5) is 35.6. The first-order valence-corrected chi connectivity index (χ1v) is 13.3. The smallest absolute Gasteiger partial charge is 0.371 e. The number of fused-ring (bicyclic) bond motifs is 1. The molecule has 1 N–H and O–H groups in total. The molecule has 1 amide bonds. The van der Waals surface area contributed by atoms with Crippen molar-refractivity contribution in [2.24, 2.45) is 0 Å². The number of hydrogen-bond acceptors (Lipinski definition) is 7. The number of halogens is 3. The number of hydrogen-bond donors (Lipinski definition) is 1. The van der Waals surface area contributed by atoms with E-state index in [-0.39, 0.29) is 29.9 Å². The Kier molecular flexibility index (Phi) is 7.04. The molecule has 1 aromatic carbocycles. The summed E-state index contributed by atoms with van der Waals surface area (Å²) in [6.45, 7) is 3.02. The topological polar surface area (TPSA) is 94.9 Å². The maximum absolute atomic E-state index is 13.1. The second-order valence-corrected chi connectivity index (χ2v) is 10.0. The number of anilines is 1. The fourth-order valence-electron chi connectivity index (χ4n) is 5.46. The Morgan fingerprint density at radius 1 is 1.07 bits per heavy atom. The van der Waals surface area contributed by atoms with Gasteiger partial charge >= 0.3 is 12.1 Å². The van der Waals surface area contributed by atoms with Crippen LogP contribution >= 0.6 is 0 Å². The largest absolute Gasteiger partial charge is 0.493 e. The van der Waals surface area contributed by atoms with Crippen LogP contribution in [0.2, 0.25) is 0 Å². The Labute approximate surface area is 233 Å². The number of alkyl halides is 3. The fraction of sp³-hybridized carbons (Fsp3) is 0.345. The van der Waals surface area contributed by atoms with Gasteiger partial charge in [0.2, 0.25) is 0 Å². The lowest BCUT2D eigenvalue weighted by molar-refractivity contribution is -0.199. The Hall–Kier alpha value is -4.16. The van der Waals surface area contributed by atoms with E-state index in [1.807, 2.05) is 24.3 Å². The molecule has 0 aliphatic carbocycles. The van der Waals surface area contributed by atoms with Crippen molar-refractivity contribution in [1.29, 1.82) is 0 Å². The maximum atomic E-state index is 13.1. The molecule has 12 heteroatoms. The van der Waals surface area contributed by atoms with E-state index in [1.165, 1.54) is 12.3 Å². The van der Waals surface area contributed by atoms with Gasteiger partial charge in [0.15, 0.2) is 5.79 Å². The van der Waals surface area contributed by atoms with Gasteiger partial charge in [-0.15, -0.1) is 0 Å². The van der Waals surface area contributed by atoms with Crippen LogP contribution in [0.4, 0.5) is 18.9 Å². The number of nitrogens with zero attached hydrogens (tertiary/aromatic N) is 3. The molecule has 1 spiro atoms. The van der Waals surface area contributed by atoms with Crippen molar-refractivity contribution in [1.82, 2.24) is 15.0 Å². The van der Waals surface area contributed by atoms with E-state index in [0.717, 1.165) is 41.9 Å². The average Bonchev–Trinajstić information content (AvgIpc) is 3.58. The van der Waals surface area contributed by atoms with Crippen LogP contribution in [0.5, 0.6) is 0 Å². The summed E-state index contributed by atoms with van der Waals surface area (Å²) in [7, 11) is 0. The third-order valence-electron chi connectivity index (χ3n) is 7.48. The Balaban J connectivity index is 1.27. The summed E-state index contributed by atoms with van der Waals surface area (Å²) in [6, 6.07) is 12.6. The van der Waals surface area contributed by atoms with Crippen molar-refractivity contribution >= 4 is 29.7 Å². The van der Waals surface area contributed by atoms with Gasteiger partial charge in [-0.25, -0.2) is 4.79 Å². The molecular weight excluding hydrogens is 541 g/mol. The Bertz CT molecular complexity index is 1500. The summed E-state index contributed by atoms with van der Waals surface area (Å²) in [5, 5.41) is 2.65. The number of piperidine rings is 1. The molecule has 3 aliphatic rings. The zero-order chi connectivity index (χ0) is 28.6. The Morgan fingerprint density at radius 2 is 1.83 bits per heavy atom. The first-order valence-electron chi connectivity index (χ1n) is 13.3. The lowest BCUT2D eigenvalue weighted by atomic mass is 10.0. The SMILES string of the molecule is O=C1NCCc2c1cc(-c1ccnc(C=Cc3ccccc3N3CCC4(CC3)OCCO4)c1)n2OC(=O)C(F)(F)F. The summed E-state index contributed by atoms with van der Waals surface area (Å²) in [5.74, 6) is -3.30. The van der Waals surface area contributed by atoms with Crippen LogP contribution in [0.25, 0.3) is 23.4 Å². The van der Waals surface area contributed by atoms with Crippen LogP contribution in [-0.4, -0.2) is 66.4 Å². The van der Waals surface area contributed by atoms with Crippen LogP contribution < -0.4 is 15.1 Å². The summed E-state index contributed by atoms with van der Waals surface area (Å²) in [6.07, 6.45) is 1.79. The van der Waals surface area contributed by atoms with E-state index in [9.17, 15) is 22.8 Å². The van der Waals surface area contributed by atoms with Crippen molar-refractivity contribution < 1.29 is 37.1 Å². The normalized spacial score (nSPS) is 18.5. The lowest BCUT2D eigenvalue weighted by Gasteiger charge is -2.39. The summed E-state index contributed by atoms with van der Waals surface area (Å²) < 4.78 is 51.7. The van der Waals surface area contributed by atoms with Crippen LogP contribution in [-0.2, 0) is 20.7 Å². The molecule has 0 bridgehead atoms. The van der Waals surface area contributed by atoms with E-state index in [4.69, 9.17) is 14.3 Å². The molecular formula is C29H27F3N4O5. The number of para-hydroxylation sites is 1. The number of amides is 1. The fourth-order valence-corrected chi connectivity index (χ4v) is 5.46. The molecule has 2 saturated heterocycles. The quantitative estimate of drug-likeness (QED) is 0.500. The highest BCUT2D eigenvalue weighted by Crippen LogP contribution is 2.35. The minimum Gasteiger partial charge on any atom is -0.371 e. The molecule has 3 aromatic rings. The molecule has 214 valence electrons. The number of carbonyl (C=O) groups is 2. The van der Waals surface area contributed by atoms with Crippen molar-refractivity contribution in [2.75, 3.05) is 37.7 Å². The average molecular weight is 569 g/mol. The molecule has 2 aromatic heterocycles. The predicted octanol–water partition coefficient (Wildman–Crippen LogP) is 3.87. The maximum Gasteiger partial charge on any atom is 0.493 e. The van der Waals surface area contributed by atoms with Crippen LogP contribution in [0, 0.1) is 0 Å². The van der Waals surface area contributed by atoms with Crippen LogP contribution in [0.15, 0.2) is 48.7 Å². The molecule has 41 heavy (non-hydrogen) atoms. The van der Waals surface area contributed by atoms with E-state index in [2.05, 4.69) is 21.3 Å². The van der Waals surface area contributed by atoms with Gasteiger partial charge in [0.05, 0.1) is 35.9 Å². The third kappa shape index (κ3) is 5.44. The molecule has 9 nitrogen and oxygen atoms in total. The molecule has 6 rings (SSSR count). The second kappa shape index (κ2) is 10.7. The predicted molar refractivity (Wildman–Crippen MR) is 143 cm³/mol. The molecule has 0 atom stereocenters. The second-order valence-electron chi connectivity index (χ2n) is 10.0. The monoisotopic (exact) mass is 568 g/mol. The summed E-state index contributed by atoms with van der Waals surface area (Å²) in [5.41, 5.74) is 3.48. The van der Waals surface area contributed by atoms with Crippen molar-refractivity contribution in [3.63, 3.8) is 0 Å². The zero-order valence-corrected chi connectivity index (χ0v) is 21.9. The number of nitrogens with one attached hydrogen (secondary N) is 1. The van der Waals surface area contributed by atoms with Crippen molar-refractivity contribution in [3.8, 4) is 11.3 Å². The van der Waals surface area contributed by atoms with Crippen molar-refractivity contribution in [3.05, 3.63) is 71.2 Å². The molecule has 2 fully saturated rings. The summed E-state index contributed by atoms with van der Waals surface area (Å²) >= 11 is 0. The van der Waals surface area contributed by atoms with Crippen LogP contribution in [0.1, 0.15) is 40.2 Å². The first kappa shape index (κ1) is 27.0. The van der Waals surface area contributed by atoms with E-state index >= 15 is 0 Å². The highest BCUT2D eigenvalue weighted by molar-refractivity contribution is 5.98. The van der Waals surface area contributed by atoms with Gasteiger partial charge in [-0.1, -0.05) is 24.3 Å². The van der Waals surface area contributed by atoms with Gasteiger partial charge in [0.25, 0.3) is 5.91 Å². The number of aromatic nitrogens is 2. The van der Waals surface area contributed by atoms with E-state index in [0.29, 0.717) is 24.5 Å². The number of pyridine rings is 1. The standard InChI is InChI=1S/C29H27F3N4O5/c30-29(31,32)27(38)41-36-24-8-12-34-26(37)22(24)18-25(36)20-7-11-33-21(17-20)6-5-19-3-1-2-4-23(19)35-13-9-28(10-14-35)39-15-16-40-28/h1-7,11,17-18H,8-10,12-16H2,(H,34,37). The number of carbonyl (C=O) groups excluding carboxylic acids is 2. The van der Waals surface area contributed by atoms with Gasteiger partial charge in [-0.05, 0) is 35.9 Å². The van der Waals surface area contributed by atoms with Gasteiger partial charge in [-0.2, -0.15) is 17.9 Å². The molecule has 0 radical (unpaired) electrons. The number of ether oxygens (including phenoxy) is 2. The van der Waals surface area contributed by atoms with Gasteiger partial charge in [-0.3, -0.25) is 9.78 Å². The molecule has 5 heterocycles. The lowest BCUT2D eigenvalue weighted by Crippen LogP contribution is -2.45. The van der Waals surface area contributed by atoms with Crippen LogP contribution in [0.3, 0.4) is 0 Å². The van der Waals surface area contributed by atoms with Crippen molar-refractivity contribution in [2.45, 2.75) is 31.2 Å². The van der Waals surface area contributed by atoms with Gasteiger partial charge in [0, 0.05) is 56.3 Å². The Morgan fingerprint density at radius 3 is 2.59 bits per heavy atom. The molecule has 3 aliphatic heterocycles. The number of benzene rings is 1. The highest BCUT2D eigenvalue weighted by Gasteiger charge is 2.43. The van der Waals surface area contributed by atoms with Gasteiger partial charge in [0.1, 0.15) is 0 Å². The number of rotatable bonds is 5. The minimum atomic E-state index is -5.20. The minimum absolute atomic E-state index is 0.140. The zero-order valence-electron chi connectivity index (χ0n) is 21.9. The van der Waals surface area contributed by atoms with E-state index in [1.54, 1.807) is 18.2 Å². The highest BCUT2D eigenvalue weighted by atomic mass is 19.4. The first-order chi connectivity index (χ1) is 19.7. The third-order valence-corrected chi connectivity index (χ3v) is 7.48. The van der Waals surface area contributed by atoms with E-state index < -0.39 is 23.8 Å². The van der Waals surface area contributed by atoms with Gasteiger partial charge < -0.3 is 24.5 Å².